The summed E-state index contributed by atoms with van der Waals surface area (Å²) in [7, 11) is 1.75. The number of carbonyl (C=O) groups excluding carboxylic acids is 1. The Morgan fingerprint density at radius 2 is 1.90 bits per heavy atom. The Bertz CT molecular complexity index is 627. The summed E-state index contributed by atoms with van der Waals surface area (Å²) in [5.41, 5.74) is 6.05. The molecule has 1 unspecified atom stereocenters. The molecule has 20 heavy (non-hydrogen) atoms. The highest BCUT2D eigenvalue weighted by atomic mass is 19.1. The Morgan fingerprint density at radius 1 is 1.25 bits per heavy atom. The molecule has 0 fully saturated rings. The van der Waals surface area contributed by atoms with Crippen LogP contribution in [0.25, 0.3) is 10.8 Å². The van der Waals surface area contributed by atoms with Crippen molar-refractivity contribution in [3.63, 3.8) is 0 Å². The lowest BCUT2D eigenvalue weighted by atomic mass is 10.0. The van der Waals surface area contributed by atoms with Gasteiger partial charge in [0.05, 0.1) is 0 Å². The summed E-state index contributed by atoms with van der Waals surface area (Å²) in [5.74, 6) is -0.419. The Kier molecular flexibility index (Phi) is 4.35. The third-order valence-corrected chi connectivity index (χ3v) is 3.67. The standard InChI is InChI=1S/C16H19FN2O/c1-11(9-10-18)19(2)16(20)14-7-8-15(17)13-6-4-3-5-12(13)14/h3-8,11H,9-10,18H2,1-2H3. The van der Waals surface area contributed by atoms with Crippen LogP contribution in [0.4, 0.5) is 4.39 Å². The van der Waals surface area contributed by atoms with Crippen LogP contribution < -0.4 is 5.73 Å². The molecule has 0 aliphatic heterocycles. The fourth-order valence-electron chi connectivity index (χ4n) is 2.27. The third kappa shape index (κ3) is 2.65. The number of hydrogen-bond acceptors (Lipinski definition) is 2. The zero-order chi connectivity index (χ0) is 14.7. The van der Waals surface area contributed by atoms with Gasteiger partial charge < -0.3 is 10.6 Å². The molecule has 1 atom stereocenters. The predicted molar refractivity (Wildman–Crippen MR) is 79.1 cm³/mol. The first-order chi connectivity index (χ1) is 9.56. The number of hydrogen-bond donors (Lipinski definition) is 1. The van der Waals surface area contributed by atoms with Crippen molar-refractivity contribution < 1.29 is 9.18 Å². The summed E-state index contributed by atoms with van der Waals surface area (Å²) in [4.78, 5) is 14.2. The molecular formula is C16H19FN2O. The first-order valence-electron chi connectivity index (χ1n) is 6.70. The molecule has 2 aromatic rings. The van der Waals surface area contributed by atoms with Crippen molar-refractivity contribution in [2.24, 2.45) is 5.73 Å². The molecule has 106 valence electrons. The molecule has 0 saturated carbocycles. The van der Waals surface area contributed by atoms with Gasteiger partial charge in [0, 0.05) is 24.0 Å². The van der Waals surface area contributed by atoms with Crippen LogP contribution in [0.3, 0.4) is 0 Å². The Labute approximate surface area is 118 Å². The van der Waals surface area contributed by atoms with Gasteiger partial charge in [0.25, 0.3) is 5.91 Å². The van der Waals surface area contributed by atoms with Gasteiger partial charge in [0.15, 0.2) is 0 Å². The summed E-state index contributed by atoms with van der Waals surface area (Å²) in [6, 6.07) is 9.97. The molecular weight excluding hydrogens is 255 g/mol. The Hall–Kier alpha value is -1.94. The molecule has 4 heteroatoms. The zero-order valence-electron chi connectivity index (χ0n) is 11.8. The Balaban J connectivity index is 2.43. The van der Waals surface area contributed by atoms with Crippen LogP contribution >= 0.6 is 0 Å². The summed E-state index contributed by atoms with van der Waals surface area (Å²) < 4.78 is 13.8. The second-order valence-electron chi connectivity index (χ2n) is 4.98. The van der Waals surface area contributed by atoms with E-state index in [0.717, 1.165) is 6.42 Å². The summed E-state index contributed by atoms with van der Waals surface area (Å²) in [5, 5.41) is 1.11. The van der Waals surface area contributed by atoms with Gasteiger partial charge in [-0.1, -0.05) is 24.3 Å². The van der Waals surface area contributed by atoms with Crippen molar-refractivity contribution in [1.82, 2.24) is 4.90 Å². The summed E-state index contributed by atoms with van der Waals surface area (Å²) in [6.45, 7) is 2.49. The second kappa shape index (κ2) is 6.01. The molecule has 0 aliphatic rings. The van der Waals surface area contributed by atoms with Gasteiger partial charge in [-0.05, 0) is 37.4 Å². The maximum atomic E-state index is 13.8. The maximum Gasteiger partial charge on any atom is 0.254 e. The maximum absolute atomic E-state index is 13.8. The molecule has 2 aromatic carbocycles. The van der Waals surface area contributed by atoms with Crippen LogP contribution in [0.15, 0.2) is 36.4 Å². The normalized spacial score (nSPS) is 12.4. The van der Waals surface area contributed by atoms with Crippen molar-refractivity contribution in [1.29, 1.82) is 0 Å². The number of halogens is 1. The van der Waals surface area contributed by atoms with E-state index >= 15 is 0 Å². The number of rotatable bonds is 4. The first kappa shape index (κ1) is 14.5. The van der Waals surface area contributed by atoms with Gasteiger partial charge in [0.2, 0.25) is 0 Å². The van der Waals surface area contributed by atoms with Crippen LogP contribution in [0.1, 0.15) is 23.7 Å². The van der Waals surface area contributed by atoms with Crippen LogP contribution in [0, 0.1) is 5.82 Å². The van der Waals surface area contributed by atoms with E-state index in [2.05, 4.69) is 0 Å². The van der Waals surface area contributed by atoms with Gasteiger partial charge in [-0.15, -0.1) is 0 Å². The molecule has 0 radical (unpaired) electrons. The summed E-state index contributed by atoms with van der Waals surface area (Å²) >= 11 is 0. The van der Waals surface area contributed by atoms with Crippen molar-refractivity contribution in [2.45, 2.75) is 19.4 Å². The van der Waals surface area contributed by atoms with E-state index in [4.69, 9.17) is 5.73 Å². The number of nitrogens with zero attached hydrogens (tertiary/aromatic N) is 1. The molecule has 2 N–H and O–H groups in total. The van der Waals surface area contributed by atoms with Crippen molar-refractivity contribution in [3.8, 4) is 0 Å². The van der Waals surface area contributed by atoms with E-state index in [1.165, 1.54) is 6.07 Å². The van der Waals surface area contributed by atoms with E-state index < -0.39 is 0 Å². The summed E-state index contributed by atoms with van der Waals surface area (Å²) in [6.07, 6.45) is 0.737. The molecule has 2 rings (SSSR count). The van der Waals surface area contributed by atoms with Crippen LogP contribution in [-0.2, 0) is 0 Å². The molecule has 1 amide bonds. The van der Waals surface area contributed by atoms with Crippen LogP contribution in [0.2, 0.25) is 0 Å². The quantitative estimate of drug-likeness (QED) is 0.932. The number of benzene rings is 2. The Morgan fingerprint density at radius 3 is 2.55 bits per heavy atom. The minimum atomic E-state index is -0.310. The van der Waals surface area contributed by atoms with E-state index in [0.29, 0.717) is 22.9 Å². The lowest BCUT2D eigenvalue weighted by Gasteiger charge is -2.25. The number of nitrogens with two attached hydrogens (primary N) is 1. The minimum absolute atomic E-state index is 0.0521. The molecule has 0 bridgehead atoms. The first-order valence-corrected chi connectivity index (χ1v) is 6.70. The van der Waals surface area contributed by atoms with Crippen molar-refractivity contribution in [3.05, 3.63) is 47.8 Å². The fourth-order valence-corrected chi connectivity index (χ4v) is 2.27. The molecule has 0 saturated heterocycles. The lowest BCUT2D eigenvalue weighted by Crippen LogP contribution is -2.36. The van der Waals surface area contributed by atoms with Gasteiger partial charge in [-0.2, -0.15) is 0 Å². The average molecular weight is 274 g/mol. The minimum Gasteiger partial charge on any atom is -0.339 e. The molecule has 0 heterocycles. The van der Waals surface area contributed by atoms with E-state index in [1.807, 2.05) is 13.0 Å². The highest BCUT2D eigenvalue weighted by molar-refractivity contribution is 6.07. The van der Waals surface area contributed by atoms with Gasteiger partial charge in [0.1, 0.15) is 5.82 Å². The number of carbonyl (C=O) groups is 1. The predicted octanol–water partition coefficient (Wildman–Crippen LogP) is 2.79. The van der Waals surface area contributed by atoms with Crippen LogP contribution in [-0.4, -0.2) is 30.4 Å². The smallest absolute Gasteiger partial charge is 0.254 e. The fraction of sp³-hybridized carbons (Fsp3) is 0.312. The van der Waals surface area contributed by atoms with Crippen molar-refractivity contribution in [2.75, 3.05) is 13.6 Å². The van der Waals surface area contributed by atoms with E-state index in [1.54, 1.807) is 36.2 Å². The lowest BCUT2D eigenvalue weighted by molar-refractivity contribution is 0.0741. The van der Waals surface area contributed by atoms with E-state index in [-0.39, 0.29) is 17.8 Å². The van der Waals surface area contributed by atoms with Crippen molar-refractivity contribution >= 4 is 16.7 Å². The zero-order valence-corrected chi connectivity index (χ0v) is 11.8. The van der Waals surface area contributed by atoms with Gasteiger partial charge in [-0.3, -0.25) is 4.79 Å². The highest BCUT2D eigenvalue weighted by Crippen LogP contribution is 2.23. The third-order valence-electron chi connectivity index (χ3n) is 3.67. The topological polar surface area (TPSA) is 46.3 Å². The second-order valence-corrected chi connectivity index (χ2v) is 4.98. The average Bonchev–Trinajstić information content (AvgIpc) is 2.47. The van der Waals surface area contributed by atoms with Gasteiger partial charge in [-0.25, -0.2) is 4.39 Å². The number of amides is 1. The molecule has 3 nitrogen and oxygen atoms in total. The molecule has 0 spiro atoms. The SMILES string of the molecule is CC(CCN)N(C)C(=O)c1ccc(F)c2ccccc12. The van der Waals surface area contributed by atoms with E-state index in [9.17, 15) is 9.18 Å². The highest BCUT2D eigenvalue weighted by Gasteiger charge is 2.19. The number of fused-ring (bicyclic) bond motifs is 1. The monoisotopic (exact) mass is 274 g/mol. The molecule has 0 aliphatic carbocycles. The largest absolute Gasteiger partial charge is 0.339 e. The van der Waals surface area contributed by atoms with Gasteiger partial charge >= 0.3 is 0 Å². The van der Waals surface area contributed by atoms with Crippen LogP contribution in [0.5, 0.6) is 0 Å². The molecule has 0 aromatic heterocycles.